The Balaban J connectivity index is 3.84. The summed E-state index contributed by atoms with van der Waals surface area (Å²) in [4.78, 5) is 0. The molecule has 0 bridgehead atoms. The smallest absolute Gasteiger partial charge is 0.0919 e. The molecule has 0 amide bonds. The molecule has 1 atom stereocenters. The fraction of sp³-hybridized carbons (Fsp3) is 0.600. The first-order valence-corrected chi connectivity index (χ1v) is 2.67. The average molecular weight is 131 g/mol. The highest BCUT2D eigenvalue weighted by Gasteiger charge is 1.97. The van der Waals surface area contributed by atoms with E-state index >= 15 is 0 Å². The molecule has 0 fully saturated rings. The van der Waals surface area contributed by atoms with Crippen LogP contribution in [0.3, 0.4) is 0 Å². The normalized spacial score (nSPS) is 15.3. The minimum absolute atomic E-state index is 0.361. The van der Waals surface area contributed by atoms with Crippen molar-refractivity contribution in [1.29, 1.82) is 0 Å². The van der Waals surface area contributed by atoms with Gasteiger partial charge in [-0.05, 0) is 6.92 Å². The Labute approximate surface area is 54.7 Å². The number of hydrazine groups is 1. The second-order valence-corrected chi connectivity index (χ2v) is 1.97. The molecule has 0 heterocycles. The summed E-state index contributed by atoms with van der Waals surface area (Å²) < 4.78 is 0. The molecule has 4 nitrogen and oxygen atoms in total. The fourth-order valence-electron chi connectivity index (χ4n) is 0.343. The van der Waals surface area contributed by atoms with Gasteiger partial charge in [-0.3, -0.25) is 0 Å². The molecule has 0 saturated heterocycles. The molecule has 1 unspecified atom stereocenters. The zero-order valence-corrected chi connectivity index (χ0v) is 5.70. The largest absolute Gasteiger partial charge is 0.399 e. The summed E-state index contributed by atoms with van der Waals surface area (Å²) in [7, 11) is 1.63. The number of aliphatic hydroxyl groups excluding tert-OH is 1. The van der Waals surface area contributed by atoms with Crippen LogP contribution in [0.2, 0.25) is 0 Å². The zero-order chi connectivity index (χ0) is 7.44. The number of hydrogen-bond acceptors (Lipinski definition) is 4. The minimum Gasteiger partial charge on any atom is -0.399 e. The summed E-state index contributed by atoms with van der Waals surface area (Å²) >= 11 is 0. The van der Waals surface area contributed by atoms with Crippen molar-refractivity contribution >= 4 is 0 Å². The van der Waals surface area contributed by atoms with Gasteiger partial charge in [0.05, 0.1) is 11.8 Å². The number of aliphatic hydroxyl groups is 1. The van der Waals surface area contributed by atoms with E-state index in [1.807, 2.05) is 0 Å². The maximum Gasteiger partial charge on any atom is 0.0919 e. The molecule has 0 rings (SSSR count). The first-order valence-electron chi connectivity index (χ1n) is 2.67. The van der Waals surface area contributed by atoms with Gasteiger partial charge in [-0.15, -0.1) is 0 Å². The average Bonchev–Trinajstić information content (AvgIpc) is 1.63. The maximum absolute atomic E-state index is 8.79. The van der Waals surface area contributed by atoms with Gasteiger partial charge in [0.1, 0.15) is 0 Å². The fourth-order valence-corrected chi connectivity index (χ4v) is 0.343. The van der Waals surface area contributed by atoms with Gasteiger partial charge in [-0.1, -0.05) is 0 Å². The predicted octanol–water partition coefficient (Wildman–Crippen LogP) is -1.03. The Bertz CT molecular complexity index is 109. The van der Waals surface area contributed by atoms with Crippen molar-refractivity contribution in [3.05, 3.63) is 11.9 Å². The summed E-state index contributed by atoms with van der Waals surface area (Å²) in [5, 5.41) is 10.1. The monoisotopic (exact) mass is 131 g/mol. The lowest BCUT2D eigenvalue weighted by atomic mass is 10.3. The standard InChI is InChI=1S/C5H13N3O/c1-4(9)5(6)3-8(2)7/h3-4,9H,6-7H2,1-2H3/b5-3-. The highest BCUT2D eigenvalue weighted by molar-refractivity contribution is 4.99. The topological polar surface area (TPSA) is 75.5 Å². The van der Waals surface area contributed by atoms with Gasteiger partial charge < -0.3 is 15.8 Å². The molecule has 0 spiro atoms. The molecular formula is C5H13N3O. The van der Waals surface area contributed by atoms with Crippen molar-refractivity contribution in [3.63, 3.8) is 0 Å². The first kappa shape index (κ1) is 8.26. The lowest BCUT2D eigenvalue weighted by Crippen LogP contribution is -2.24. The van der Waals surface area contributed by atoms with Crippen molar-refractivity contribution in [3.8, 4) is 0 Å². The second kappa shape index (κ2) is 3.32. The molecule has 0 radical (unpaired) electrons. The van der Waals surface area contributed by atoms with Crippen LogP contribution >= 0.6 is 0 Å². The number of nitrogens with zero attached hydrogens (tertiary/aromatic N) is 1. The van der Waals surface area contributed by atoms with Crippen LogP contribution in [0, 0.1) is 0 Å². The van der Waals surface area contributed by atoms with Crippen LogP contribution in [0.5, 0.6) is 0 Å². The number of rotatable bonds is 2. The SMILES string of the molecule is CC(O)/C(N)=C/N(C)N. The quantitative estimate of drug-likeness (QED) is 0.331. The predicted molar refractivity (Wildman–Crippen MR) is 35.9 cm³/mol. The van der Waals surface area contributed by atoms with Crippen molar-refractivity contribution < 1.29 is 5.11 Å². The third kappa shape index (κ3) is 3.81. The maximum atomic E-state index is 8.79. The Morgan fingerprint density at radius 1 is 1.78 bits per heavy atom. The summed E-state index contributed by atoms with van der Waals surface area (Å²) in [6, 6.07) is 0. The van der Waals surface area contributed by atoms with Crippen LogP contribution in [-0.4, -0.2) is 23.3 Å². The van der Waals surface area contributed by atoms with E-state index in [-0.39, 0.29) is 0 Å². The van der Waals surface area contributed by atoms with Crippen LogP contribution in [-0.2, 0) is 0 Å². The van der Waals surface area contributed by atoms with Crippen LogP contribution in [0.4, 0.5) is 0 Å². The summed E-state index contributed by atoms with van der Waals surface area (Å²) in [5.41, 5.74) is 5.67. The van der Waals surface area contributed by atoms with Gasteiger partial charge in [0.2, 0.25) is 0 Å². The molecule has 0 aromatic heterocycles. The van der Waals surface area contributed by atoms with E-state index in [9.17, 15) is 0 Å². The molecule has 0 aromatic rings. The van der Waals surface area contributed by atoms with Gasteiger partial charge in [-0.25, -0.2) is 5.84 Å². The van der Waals surface area contributed by atoms with Gasteiger partial charge in [-0.2, -0.15) is 0 Å². The van der Waals surface area contributed by atoms with Crippen LogP contribution < -0.4 is 11.6 Å². The molecule has 5 N–H and O–H groups in total. The van der Waals surface area contributed by atoms with Crippen LogP contribution in [0.25, 0.3) is 0 Å². The van der Waals surface area contributed by atoms with E-state index in [4.69, 9.17) is 16.7 Å². The van der Waals surface area contributed by atoms with Crippen molar-refractivity contribution in [2.45, 2.75) is 13.0 Å². The van der Waals surface area contributed by atoms with Crippen molar-refractivity contribution in [2.24, 2.45) is 11.6 Å². The summed E-state index contributed by atoms with van der Waals surface area (Å²) in [5.74, 6) is 5.20. The third-order valence-corrected chi connectivity index (χ3v) is 0.835. The lowest BCUT2D eigenvalue weighted by molar-refractivity contribution is 0.226. The molecule has 0 aromatic carbocycles. The highest BCUT2D eigenvalue weighted by Crippen LogP contribution is 1.91. The first-order chi connectivity index (χ1) is 4.04. The number of hydrogen-bond donors (Lipinski definition) is 3. The zero-order valence-electron chi connectivity index (χ0n) is 5.70. The van der Waals surface area contributed by atoms with Gasteiger partial charge >= 0.3 is 0 Å². The highest BCUT2D eigenvalue weighted by atomic mass is 16.3. The lowest BCUT2D eigenvalue weighted by Gasteiger charge is -2.08. The van der Waals surface area contributed by atoms with Gasteiger partial charge in [0.25, 0.3) is 0 Å². The van der Waals surface area contributed by atoms with E-state index in [1.165, 1.54) is 11.2 Å². The van der Waals surface area contributed by atoms with Gasteiger partial charge in [0.15, 0.2) is 0 Å². The molecule has 0 saturated carbocycles. The Morgan fingerprint density at radius 3 is 2.33 bits per heavy atom. The molecule has 4 heteroatoms. The Morgan fingerprint density at radius 2 is 2.22 bits per heavy atom. The molecule has 9 heavy (non-hydrogen) atoms. The van der Waals surface area contributed by atoms with Crippen LogP contribution in [0.1, 0.15) is 6.92 Å². The molecule has 0 aliphatic carbocycles. The third-order valence-electron chi connectivity index (χ3n) is 0.835. The second-order valence-electron chi connectivity index (χ2n) is 1.97. The number of nitrogens with two attached hydrogens (primary N) is 2. The van der Waals surface area contributed by atoms with Crippen molar-refractivity contribution in [2.75, 3.05) is 7.05 Å². The van der Waals surface area contributed by atoms with E-state index < -0.39 is 6.10 Å². The molecular weight excluding hydrogens is 118 g/mol. The molecule has 0 aliphatic rings. The van der Waals surface area contributed by atoms with Gasteiger partial charge in [0, 0.05) is 13.2 Å². The minimum atomic E-state index is -0.629. The molecule has 0 aliphatic heterocycles. The van der Waals surface area contributed by atoms with E-state index in [2.05, 4.69) is 0 Å². The summed E-state index contributed by atoms with van der Waals surface area (Å²) in [6.45, 7) is 1.58. The Kier molecular flexibility index (Phi) is 3.05. The van der Waals surface area contributed by atoms with E-state index in [0.29, 0.717) is 5.70 Å². The van der Waals surface area contributed by atoms with E-state index in [0.717, 1.165) is 0 Å². The van der Waals surface area contributed by atoms with Crippen molar-refractivity contribution in [1.82, 2.24) is 5.01 Å². The Hall–Kier alpha value is -0.740. The summed E-state index contributed by atoms with van der Waals surface area (Å²) in [6.07, 6.45) is 0.834. The van der Waals surface area contributed by atoms with E-state index in [1.54, 1.807) is 14.0 Å². The molecule has 54 valence electrons. The van der Waals surface area contributed by atoms with Crippen LogP contribution in [0.15, 0.2) is 11.9 Å².